The van der Waals surface area contributed by atoms with Crippen LogP contribution in [0.5, 0.6) is 0 Å². The zero-order valence-corrected chi connectivity index (χ0v) is 14.4. The minimum absolute atomic E-state index is 0.904. The Morgan fingerprint density at radius 2 is 2.05 bits per heavy atom. The Morgan fingerprint density at radius 3 is 2.70 bits per heavy atom. The second-order valence-electron chi connectivity index (χ2n) is 6.06. The number of likely N-dealkylation sites (tertiary alicyclic amines) is 1. The Bertz CT molecular complexity index is 411. The number of nitrogens with one attached hydrogen (secondary N) is 1. The second kappa shape index (κ2) is 8.16. The maximum Gasteiger partial charge on any atom is 0.0244 e. The van der Waals surface area contributed by atoms with Gasteiger partial charge in [0, 0.05) is 17.6 Å². The van der Waals surface area contributed by atoms with Crippen LogP contribution in [-0.4, -0.2) is 24.5 Å². The van der Waals surface area contributed by atoms with Crippen molar-refractivity contribution in [2.75, 3.05) is 19.6 Å². The molecule has 0 amide bonds. The smallest absolute Gasteiger partial charge is 0.0244 e. The van der Waals surface area contributed by atoms with Gasteiger partial charge in [-0.05, 0) is 62.0 Å². The van der Waals surface area contributed by atoms with Crippen LogP contribution < -0.4 is 5.32 Å². The van der Waals surface area contributed by atoms with Crippen molar-refractivity contribution in [3.8, 4) is 0 Å². The molecular weight excluding hydrogens is 312 g/mol. The lowest BCUT2D eigenvalue weighted by molar-refractivity contribution is 0.185. The highest BCUT2D eigenvalue weighted by molar-refractivity contribution is 9.10. The van der Waals surface area contributed by atoms with Crippen LogP contribution in [0.15, 0.2) is 22.7 Å². The second-order valence-corrected chi connectivity index (χ2v) is 6.92. The molecule has 0 bridgehead atoms. The van der Waals surface area contributed by atoms with Crippen LogP contribution in [0.25, 0.3) is 0 Å². The van der Waals surface area contributed by atoms with Crippen molar-refractivity contribution in [1.82, 2.24) is 10.2 Å². The van der Waals surface area contributed by atoms with Gasteiger partial charge in [-0.1, -0.05) is 41.9 Å². The lowest BCUT2D eigenvalue weighted by atomic mass is 9.99. The van der Waals surface area contributed by atoms with Crippen molar-refractivity contribution in [2.45, 2.75) is 46.2 Å². The molecule has 1 aromatic carbocycles. The summed E-state index contributed by atoms with van der Waals surface area (Å²) in [5, 5.41) is 3.45. The maximum atomic E-state index is 3.74. The summed E-state index contributed by atoms with van der Waals surface area (Å²) < 4.78 is 1.26. The summed E-state index contributed by atoms with van der Waals surface area (Å²) in [4.78, 5) is 2.58. The van der Waals surface area contributed by atoms with Crippen LogP contribution in [0.3, 0.4) is 0 Å². The zero-order valence-electron chi connectivity index (χ0n) is 12.8. The highest BCUT2D eigenvalue weighted by atomic mass is 79.9. The van der Waals surface area contributed by atoms with Crippen LogP contribution >= 0.6 is 15.9 Å². The quantitative estimate of drug-likeness (QED) is 0.782. The average Bonchev–Trinajstić information content (AvgIpc) is 2.44. The van der Waals surface area contributed by atoms with E-state index in [4.69, 9.17) is 0 Å². The van der Waals surface area contributed by atoms with E-state index in [2.05, 4.69) is 58.2 Å². The normalized spacial score (nSPS) is 17.6. The topological polar surface area (TPSA) is 15.3 Å². The third kappa shape index (κ3) is 4.87. The number of rotatable bonds is 6. The molecule has 0 aliphatic carbocycles. The molecule has 1 aromatic rings. The molecule has 0 atom stereocenters. The number of benzene rings is 1. The van der Waals surface area contributed by atoms with Gasteiger partial charge in [-0.15, -0.1) is 0 Å². The highest BCUT2D eigenvalue weighted by Gasteiger charge is 2.16. The van der Waals surface area contributed by atoms with Crippen molar-refractivity contribution in [3.05, 3.63) is 33.8 Å². The molecule has 2 rings (SSSR count). The van der Waals surface area contributed by atoms with E-state index in [0.29, 0.717) is 0 Å². The third-order valence-corrected chi connectivity index (χ3v) is 4.88. The van der Waals surface area contributed by atoms with Crippen molar-refractivity contribution in [3.63, 3.8) is 0 Å². The lowest BCUT2D eigenvalue weighted by Gasteiger charge is -2.30. The number of hydrogen-bond acceptors (Lipinski definition) is 2. The Kier molecular flexibility index (Phi) is 6.53. The standard InChI is InChI=1S/C17H27BrN2/c1-3-8-19-12-15-4-5-16(17(18)11-15)13-20-9-6-14(2)7-10-20/h4-5,11,14,19H,3,6-10,12-13H2,1-2H3. The van der Waals surface area contributed by atoms with Crippen LogP contribution in [0, 0.1) is 5.92 Å². The monoisotopic (exact) mass is 338 g/mol. The van der Waals surface area contributed by atoms with E-state index < -0.39 is 0 Å². The predicted octanol–water partition coefficient (Wildman–Crippen LogP) is 4.18. The first-order chi connectivity index (χ1) is 9.69. The summed E-state index contributed by atoms with van der Waals surface area (Å²) >= 11 is 3.74. The Morgan fingerprint density at radius 1 is 1.30 bits per heavy atom. The van der Waals surface area contributed by atoms with E-state index in [1.165, 1.54) is 48.0 Å². The molecule has 0 spiro atoms. The Labute approximate surface area is 132 Å². The number of piperidine rings is 1. The summed E-state index contributed by atoms with van der Waals surface area (Å²) in [7, 11) is 0. The summed E-state index contributed by atoms with van der Waals surface area (Å²) in [6.07, 6.45) is 3.87. The van der Waals surface area contributed by atoms with E-state index >= 15 is 0 Å². The van der Waals surface area contributed by atoms with Gasteiger partial charge in [0.25, 0.3) is 0 Å². The first-order valence-corrected chi connectivity index (χ1v) is 8.68. The van der Waals surface area contributed by atoms with Gasteiger partial charge >= 0.3 is 0 Å². The number of hydrogen-bond donors (Lipinski definition) is 1. The molecule has 1 heterocycles. The molecule has 1 aliphatic rings. The van der Waals surface area contributed by atoms with Gasteiger partial charge < -0.3 is 5.32 Å². The Hall–Kier alpha value is -0.380. The summed E-state index contributed by atoms with van der Waals surface area (Å²) in [6.45, 7) is 10.2. The van der Waals surface area contributed by atoms with Gasteiger partial charge in [0.1, 0.15) is 0 Å². The number of halogens is 1. The molecule has 20 heavy (non-hydrogen) atoms. The van der Waals surface area contributed by atoms with E-state index in [1.54, 1.807) is 0 Å². The summed E-state index contributed by atoms with van der Waals surface area (Å²) in [5.74, 6) is 0.904. The van der Waals surface area contributed by atoms with Gasteiger partial charge in [-0.25, -0.2) is 0 Å². The molecule has 0 radical (unpaired) electrons. The van der Waals surface area contributed by atoms with Crippen LogP contribution in [-0.2, 0) is 13.1 Å². The van der Waals surface area contributed by atoms with E-state index in [-0.39, 0.29) is 0 Å². The molecule has 0 saturated carbocycles. The molecule has 0 aromatic heterocycles. The fourth-order valence-electron chi connectivity index (χ4n) is 2.70. The highest BCUT2D eigenvalue weighted by Crippen LogP contribution is 2.23. The van der Waals surface area contributed by atoms with Gasteiger partial charge in [-0.2, -0.15) is 0 Å². The van der Waals surface area contributed by atoms with Gasteiger partial charge in [0.05, 0.1) is 0 Å². The van der Waals surface area contributed by atoms with Crippen LogP contribution in [0.4, 0.5) is 0 Å². The maximum absolute atomic E-state index is 3.74. The molecule has 1 saturated heterocycles. The first kappa shape index (κ1) is 16.0. The average molecular weight is 339 g/mol. The fraction of sp³-hybridized carbons (Fsp3) is 0.647. The summed E-state index contributed by atoms with van der Waals surface area (Å²) in [6, 6.07) is 6.81. The summed E-state index contributed by atoms with van der Waals surface area (Å²) in [5.41, 5.74) is 2.78. The molecule has 112 valence electrons. The van der Waals surface area contributed by atoms with E-state index in [0.717, 1.165) is 25.6 Å². The van der Waals surface area contributed by atoms with Crippen molar-refractivity contribution >= 4 is 15.9 Å². The lowest BCUT2D eigenvalue weighted by Crippen LogP contribution is -2.32. The Balaban J connectivity index is 1.88. The first-order valence-electron chi connectivity index (χ1n) is 7.89. The molecule has 1 N–H and O–H groups in total. The van der Waals surface area contributed by atoms with E-state index in [1.807, 2.05) is 0 Å². The minimum atomic E-state index is 0.904. The van der Waals surface area contributed by atoms with Gasteiger partial charge in [-0.3, -0.25) is 4.90 Å². The van der Waals surface area contributed by atoms with Crippen LogP contribution in [0.2, 0.25) is 0 Å². The van der Waals surface area contributed by atoms with Crippen molar-refractivity contribution in [1.29, 1.82) is 0 Å². The predicted molar refractivity (Wildman–Crippen MR) is 89.8 cm³/mol. The molecule has 3 heteroatoms. The SMILES string of the molecule is CCCNCc1ccc(CN2CCC(C)CC2)c(Br)c1. The largest absolute Gasteiger partial charge is 0.313 e. The zero-order chi connectivity index (χ0) is 14.4. The van der Waals surface area contributed by atoms with Crippen molar-refractivity contribution in [2.24, 2.45) is 5.92 Å². The molecule has 1 aliphatic heterocycles. The van der Waals surface area contributed by atoms with E-state index in [9.17, 15) is 0 Å². The minimum Gasteiger partial charge on any atom is -0.313 e. The molecule has 2 nitrogen and oxygen atoms in total. The van der Waals surface area contributed by atoms with Gasteiger partial charge in [0.15, 0.2) is 0 Å². The molecule has 1 fully saturated rings. The van der Waals surface area contributed by atoms with Crippen molar-refractivity contribution < 1.29 is 0 Å². The van der Waals surface area contributed by atoms with Gasteiger partial charge in [0.2, 0.25) is 0 Å². The molecule has 0 unspecified atom stereocenters. The third-order valence-electron chi connectivity index (χ3n) is 4.14. The fourth-order valence-corrected chi connectivity index (χ4v) is 3.25. The van der Waals surface area contributed by atoms with Crippen LogP contribution in [0.1, 0.15) is 44.2 Å². The number of nitrogens with zero attached hydrogens (tertiary/aromatic N) is 1. The molecular formula is C17H27BrN2.